The van der Waals surface area contributed by atoms with Gasteiger partial charge in [0.1, 0.15) is 0 Å². The van der Waals surface area contributed by atoms with E-state index in [1.165, 1.54) is 11.1 Å². The van der Waals surface area contributed by atoms with Gasteiger partial charge >= 0.3 is 0 Å². The Morgan fingerprint density at radius 1 is 1.28 bits per heavy atom. The van der Waals surface area contributed by atoms with Crippen molar-refractivity contribution >= 4 is 17.5 Å². The number of nitrogens with one attached hydrogen (secondary N) is 1. The summed E-state index contributed by atoms with van der Waals surface area (Å²) in [5.41, 5.74) is 4.42. The summed E-state index contributed by atoms with van der Waals surface area (Å²) in [5.74, 6) is 1.13. The van der Waals surface area contributed by atoms with Gasteiger partial charge in [-0.1, -0.05) is 52.7 Å². The molecule has 2 aromatic carbocycles. The lowest BCUT2D eigenvalue weighted by atomic mass is 9.95. The van der Waals surface area contributed by atoms with Crippen LogP contribution in [0.2, 0.25) is 5.02 Å². The maximum atomic E-state index is 13.0. The number of amides is 1. The summed E-state index contributed by atoms with van der Waals surface area (Å²) in [5, 5.41) is 7.93. The predicted octanol–water partition coefficient (Wildman–Crippen LogP) is 5.10. The first kappa shape index (κ1) is 22.5. The van der Waals surface area contributed by atoms with Crippen molar-refractivity contribution in [1.29, 1.82) is 0 Å². The molecule has 2 heterocycles. The number of carbonyl (C=O) groups excluding carboxylic acids is 1. The zero-order valence-electron chi connectivity index (χ0n) is 18.8. The molecule has 3 aromatic rings. The van der Waals surface area contributed by atoms with Crippen LogP contribution in [0, 0.1) is 19.8 Å². The average Bonchev–Trinajstić information content (AvgIpc) is 3.22. The first-order valence-corrected chi connectivity index (χ1v) is 11.5. The van der Waals surface area contributed by atoms with Crippen molar-refractivity contribution in [2.45, 2.75) is 46.2 Å². The van der Waals surface area contributed by atoms with Gasteiger partial charge in [0.25, 0.3) is 0 Å². The Morgan fingerprint density at radius 3 is 2.91 bits per heavy atom. The third-order valence-electron chi connectivity index (χ3n) is 6.04. The maximum Gasteiger partial charge on any atom is 0.241 e. The summed E-state index contributed by atoms with van der Waals surface area (Å²) < 4.78 is 5.46. The third kappa shape index (κ3) is 5.37. The van der Waals surface area contributed by atoms with Crippen molar-refractivity contribution in [3.63, 3.8) is 0 Å². The van der Waals surface area contributed by atoms with Crippen LogP contribution in [0.3, 0.4) is 0 Å². The molecule has 0 aliphatic carbocycles. The zero-order chi connectivity index (χ0) is 22.7. The van der Waals surface area contributed by atoms with Crippen molar-refractivity contribution < 1.29 is 9.32 Å². The minimum Gasteiger partial charge on any atom is -0.349 e. The van der Waals surface area contributed by atoms with Crippen LogP contribution in [0.4, 0.5) is 0 Å². The number of aromatic nitrogens is 2. The number of piperidine rings is 1. The molecule has 32 heavy (non-hydrogen) atoms. The van der Waals surface area contributed by atoms with E-state index in [0.717, 1.165) is 30.5 Å². The second-order valence-electron chi connectivity index (χ2n) is 8.69. The Bertz CT molecular complexity index is 1100. The largest absolute Gasteiger partial charge is 0.349 e. The molecular weight excluding hydrogens is 424 g/mol. The highest BCUT2D eigenvalue weighted by molar-refractivity contribution is 6.30. The quantitative estimate of drug-likeness (QED) is 0.563. The highest BCUT2D eigenvalue weighted by atomic mass is 35.5. The number of hydrogen-bond donors (Lipinski definition) is 1. The monoisotopic (exact) mass is 452 g/mol. The van der Waals surface area contributed by atoms with Gasteiger partial charge in [0.15, 0.2) is 0 Å². The van der Waals surface area contributed by atoms with Crippen LogP contribution in [-0.2, 0) is 11.3 Å². The highest BCUT2D eigenvalue weighted by Gasteiger charge is 2.28. The maximum absolute atomic E-state index is 13.0. The number of aryl methyl sites for hydroxylation is 2. The number of nitrogens with zero attached hydrogens (tertiary/aromatic N) is 3. The summed E-state index contributed by atoms with van der Waals surface area (Å²) in [4.78, 5) is 19.7. The van der Waals surface area contributed by atoms with Crippen molar-refractivity contribution in [3.8, 4) is 11.4 Å². The fourth-order valence-electron chi connectivity index (χ4n) is 4.39. The first-order chi connectivity index (χ1) is 15.4. The molecule has 1 aliphatic rings. The van der Waals surface area contributed by atoms with Gasteiger partial charge < -0.3 is 9.84 Å². The minimum absolute atomic E-state index is 0.0188. The van der Waals surface area contributed by atoms with Gasteiger partial charge in [0, 0.05) is 17.1 Å². The van der Waals surface area contributed by atoms with E-state index in [2.05, 4.69) is 52.4 Å². The van der Waals surface area contributed by atoms with Crippen molar-refractivity contribution in [1.82, 2.24) is 20.4 Å². The number of benzene rings is 2. The Labute approximate surface area is 194 Å². The molecule has 2 atom stereocenters. The van der Waals surface area contributed by atoms with Crippen molar-refractivity contribution in [2.24, 2.45) is 5.92 Å². The third-order valence-corrected chi connectivity index (χ3v) is 6.27. The second kappa shape index (κ2) is 9.84. The Morgan fingerprint density at radius 2 is 2.12 bits per heavy atom. The van der Waals surface area contributed by atoms with Gasteiger partial charge in [-0.05, 0) is 63.4 Å². The van der Waals surface area contributed by atoms with Crippen molar-refractivity contribution in [2.75, 3.05) is 13.1 Å². The van der Waals surface area contributed by atoms with Gasteiger partial charge in [0.05, 0.1) is 18.5 Å². The molecule has 0 saturated carbocycles. The summed E-state index contributed by atoms with van der Waals surface area (Å²) in [6.45, 7) is 8.34. The van der Waals surface area contributed by atoms with E-state index in [1.54, 1.807) is 0 Å². The van der Waals surface area contributed by atoms with Gasteiger partial charge in [-0.25, -0.2) is 0 Å². The zero-order valence-corrected chi connectivity index (χ0v) is 19.5. The van der Waals surface area contributed by atoms with E-state index in [4.69, 9.17) is 16.1 Å². The lowest BCUT2D eigenvalue weighted by Gasteiger charge is -2.31. The average molecular weight is 453 g/mol. The Hall–Kier alpha value is -2.70. The molecule has 1 fully saturated rings. The van der Waals surface area contributed by atoms with Gasteiger partial charge in [-0.15, -0.1) is 0 Å². The standard InChI is InChI=1S/C25H29ClN4O2/c1-16-9-10-22(17(2)12-16)18(3)27-25(31)20-7-5-11-30(14-20)15-23-28-24(29-32-23)19-6-4-8-21(26)13-19/h4,6,8-10,12-13,18,20H,5,7,11,14-15H2,1-3H3,(H,27,31). The van der Waals surface area contributed by atoms with Crippen LogP contribution in [0.15, 0.2) is 47.0 Å². The van der Waals surface area contributed by atoms with Crippen LogP contribution in [0.5, 0.6) is 0 Å². The molecule has 0 radical (unpaired) electrons. The number of carbonyl (C=O) groups is 1. The molecule has 168 valence electrons. The molecule has 1 saturated heterocycles. The lowest BCUT2D eigenvalue weighted by molar-refractivity contribution is -0.127. The molecule has 2 unspecified atom stereocenters. The number of likely N-dealkylation sites (tertiary alicyclic amines) is 1. The molecule has 0 bridgehead atoms. The fraction of sp³-hybridized carbons (Fsp3) is 0.400. The molecule has 1 aromatic heterocycles. The number of halogens is 1. The summed E-state index contributed by atoms with van der Waals surface area (Å²) in [6, 6.07) is 13.7. The van der Waals surface area contributed by atoms with Crippen LogP contribution < -0.4 is 5.32 Å². The second-order valence-corrected chi connectivity index (χ2v) is 9.12. The molecule has 0 spiro atoms. The smallest absolute Gasteiger partial charge is 0.241 e. The Balaban J connectivity index is 1.35. The van der Waals surface area contributed by atoms with E-state index < -0.39 is 0 Å². The Kier molecular flexibility index (Phi) is 6.92. The van der Waals surface area contributed by atoms with Crippen molar-refractivity contribution in [3.05, 3.63) is 70.1 Å². The van der Waals surface area contributed by atoms with E-state index >= 15 is 0 Å². The topological polar surface area (TPSA) is 71.3 Å². The molecule has 6 nitrogen and oxygen atoms in total. The summed E-state index contributed by atoms with van der Waals surface area (Å²) in [6.07, 6.45) is 1.85. The van der Waals surface area contributed by atoms with E-state index in [-0.39, 0.29) is 17.9 Å². The van der Waals surface area contributed by atoms with Gasteiger partial charge in [0.2, 0.25) is 17.6 Å². The van der Waals surface area contributed by atoms with Crippen LogP contribution >= 0.6 is 11.6 Å². The molecule has 1 amide bonds. The molecule has 1 aliphatic heterocycles. The number of rotatable bonds is 6. The number of hydrogen-bond acceptors (Lipinski definition) is 5. The molecule has 1 N–H and O–H groups in total. The van der Waals surface area contributed by atoms with E-state index in [9.17, 15) is 4.79 Å². The molecular formula is C25H29ClN4O2. The van der Waals surface area contributed by atoms with Gasteiger partial charge in [-0.2, -0.15) is 4.98 Å². The normalized spacial score (nSPS) is 17.8. The van der Waals surface area contributed by atoms with Crippen LogP contribution in [0.1, 0.15) is 48.4 Å². The highest BCUT2D eigenvalue weighted by Crippen LogP contribution is 2.24. The molecule has 7 heteroatoms. The fourth-order valence-corrected chi connectivity index (χ4v) is 4.58. The summed E-state index contributed by atoms with van der Waals surface area (Å²) in [7, 11) is 0. The van der Waals surface area contributed by atoms with E-state index in [1.807, 2.05) is 31.2 Å². The first-order valence-electron chi connectivity index (χ1n) is 11.1. The minimum atomic E-state index is -0.0488. The van der Waals surface area contributed by atoms with Crippen LogP contribution in [0.25, 0.3) is 11.4 Å². The van der Waals surface area contributed by atoms with Crippen LogP contribution in [-0.4, -0.2) is 34.0 Å². The van der Waals surface area contributed by atoms with E-state index in [0.29, 0.717) is 29.8 Å². The molecule has 4 rings (SSSR count). The van der Waals surface area contributed by atoms with Gasteiger partial charge in [-0.3, -0.25) is 9.69 Å². The lowest BCUT2D eigenvalue weighted by Crippen LogP contribution is -2.43. The summed E-state index contributed by atoms with van der Waals surface area (Å²) >= 11 is 6.06. The predicted molar refractivity (Wildman–Crippen MR) is 125 cm³/mol. The SMILES string of the molecule is Cc1ccc(C(C)NC(=O)C2CCCN(Cc3nc(-c4cccc(Cl)c4)no3)C2)c(C)c1.